The molecule has 1 saturated carbocycles. The molecule has 166 valence electrons. The number of benzene rings is 2. The molecule has 31 heavy (non-hydrogen) atoms. The van der Waals surface area contributed by atoms with Gasteiger partial charge in [-0.25, -0.2) is 0 Å². The monoisotopic (exact) mass is 552 g/mol. The zero-order valence-electron chi connectivity index (χ0n) is 17.9. The van der Waals surface area contributed by atoms with E-state index in [4.69, 9.17) is 11.6 Å². The first-order valence-electron chi connectivity index (χ1n) is 10.6. The topological polar surface area (TPSA) is 56.7 Å². The number of carbonyl (C=O) groups is 1. The molecular weight excluding hydrogens is 523 g/mol. The molecule has 2 aromatic rings. The van der Waals surface area contributed by atoms with Crippen molar-refractivity contribution >= 4 is 47.4 Å². The molecule has 2 N–H and O–H groups in total. The first kappa shape index (κ1) is 23.9. The first-order chi connectivity index (χ1) is 14.6. The van der Waals surface area contributed by atoms with E-state index in [0.717, 1.165) is 43.3 Å². The first-order valence-corrected chi connectivity index (χ1v) is 11.0. The normalized spacial score (nSPS) is 17.3. The summed E-state index contributed by atoms with van der Waals surface area (Å²) in [5, 5.41) is 7.68. The molecule has 0 spiro atoms. The molecule has 0 bridgehead atoms. The Labute approximate surface area is 206 Å². The fourth-order valence-electron chi connectivity index (χ4n) is 4.13. The molecule has 7 heteroatoms. The highest BCUT2D eigenvalue weighted by Gasteiger charge is 2.44. The highest BCUT2D eigenvalue weighted by Crippen LogP contribution is 2.48. The van der Waals surface area contributed by atoms with Crippen LogP contribution in [0.1, 0.15) is 42.4 Å². The minimum Gasteiger partial charge on any atom is -0.356 e. The Hall–Kier alpha value is -1.80. The third kappa shape index (κ3) is 6.13. The Morgan fingerprint density at radius 2 is 1.90 bits per heavy atom. The van der Waals surface area contributed by atoms with Gasteiger partial charge in [-0.2, -0.15) is 0 Å². The summed E-state index contributed by atoms with van der Waals surface area (Å²) in [4.78, 5) is 18.2. The van der Waals surface area contributed by atoms with Gasteiger partial charge in [-0.1, -0.05) is 48.0 Å². The molecule has 1 aliphatic heterocycles. The number of aliphatic imine (C=N–C) groups is 1. The zero-order chi connectivity index (χ0) is 21.0. The van der Waals surface area contributed by atoms with Crippen molar-refractivity contribution in [3.8, 4) is 0 Å². The standard InChI is InChI=1S/C24H29ClN4O.HI/c1-26-23(28-17-24(10-11-24)20-7-3-8-21(25)14-20)27-15-18-5-2-6-19(13-18)16-29-12-4-9-22(29)30;/h2-3,5-8,13-14H,4,9-12,15-17H2,1H3,(H2,26,27,28);1H. The van der Waals surface area contributed by atoms with Crippen LogP contribution in [0.3, 0.4) is 0 Å². The SMILES string of the molecule is CN=C(NCc1cccc(CN2CCCC2=O)c1)NCC1(c2cccc(Cl)c2)CC1.I. The van der Waals surface area contributed by atoms with Crippen molar-refractivity contribution in [2.24, 2.45) is 4.99 Å². The van der Waals surface area contributed by atoms with E-state index in [2.05, 4.69) is 52.0 Å². The second-order valence-corrected chi connectivity index (χ2v) is 8.75. The molecule has 0 unspecified atom stereocenters. The Morgan fingerprint density at radius 1 is 1.13 bits per heavy atom. The van der Waals surface area contributed by atoms with Gasteiger partial charge in [-0.3, -0.25) is 9.79 Å². The van der Waals surface area contributed by atoms with Crippen LogP contribution in [0, 0.1) is 0 Å². The number of halogens is 2. The summed E-state index contributed by atoms with van der Waals surface area (Å²) in [6, 6.07) is 16.6. The van der Waals surface area contributed by atoms with Crippen LogP contribution in [-0.4, -0.2) is 36.9 Å². The molecule has 1 aliphatic carbocycles. The lowest BCUT2D eigenvalue weighted by Crippen LogP contribution is -2.40. The summed E-state index contributed by atoms with van der Waals surface area (Å²) in [5.74, 6) is 1.06. The van der Waals surface area contributed by atoms with Gasteiger partial charge in [0.2, 0.25) is 5.91 Å². The van der Waals surface area contributed by atoms with Crippen LogP contribution in [0.2, 0.25) is 5.02 Å². The molecule has 2 fully saturated rings. The number of guanidine groups is 1. The van der Waals surface area contributed by atoms with Crippen LogP contribution in [0.4, 0.5) is 0 Å². The van der Waals surface area contributed by atoms with Gasteiger partial charge in [0, 0.05) is 50.1 Å². The number of hydrogen-bond donors (Lipinski definition) is 2. The van der Waals surface area contributed by atoms with Gasteiger partial charge < -0.3 is 15.5 Å². The number of nitrogens with one attached hydrogen (secondary N) is 2. The van der Waals surface area contributed by atoms with E-state index < -0.39 is 0 Å². The average molecular weight is 553 g/mol. The number of nitrogens with zero attached hydrogens (tertiary/aromatic N) is 2. The molecule has 2 aliphatic rings. The smallest absolute Gasteiger partial charge is 0.222 e. The average Bonchev–Trinajstić information content (AvgIpc) is 3.45. The van der Waals surface area contributed by atoms with E-state index in [1.54, 1.807) is 7.05 Å². The highest BCUT2D eigenvalue weighted by molar-refractivity contribution is 14.0. The fourth-order valence-corrected chi connectivity index (χ4v) is 4.32. The van der Waals surface area contributed by atoms with Gasteiger partial charge >= 0.3 is 0 Å². The second kappa shape index (κ2) is 10.7. The fraction of sp³-hybridized carbons (Fsp3) is 0.417. The van der Waals surface area contributed by atoms with E-state index >= 15 is 0 Å². The number of likely N-dealkylation sites (tertiary alicyclic amines) is 1. The van der Waals surface area contributed by atoms with E-state index in [0.29, 0.717) is 19.5 Å². The minimum absolute atomic E-state index is 0. The number of carbonyl (C=O) groups excluding carboxylic acids is 1. The molecule has 5 nitrogen and oxygen atoms in total. The second-order valence-electron chi connectivity index (χ2n) is 8.31. The van der Waals surface area contributed by atoms with Gasteiger partial charge in [0.15, 0.2) is 5.96 Å². The molecule has 4 rings (SSSR count). The summed E-state index contributed by atoms with van der Waals surface area (Å²) >= 11 is 6.18. The van der Waals surface area contributed by atoms with Crippen LogP contribution in [-0.2, 0) is 23.3 Å². The molecule has 1 amide bonds. The Balaban J connectivity index is 0.00000272. The Bertz CT molecular complexity index is 945. The quantitative estimate of drug-likeness (QED) is 0.303. The van der Waals surface area contributed by atoms with Gasteiger partial charge in [-0.05, 0) is 48.1 Å². The zero-order valence-corrected chi connectivity index (χ0v) is 21.0. The number of hydrogen-bond acceptors (Lipinski definition) is 2. The van der Waals surface area contributed by atoms with Gasteiger partial charge in [-0.15, -0.1) is 24.0 Å². The lowest BCUT2D eigenvalue weighted by Gasteiger charge is -2.20. The van der Waals surface area contributed by atoms with Crippen LogP contribution >= 0.6 is 35.6 Å². The van der Waals surface area contributed by atoms with Crippen molar-refractivity contribution in [3.63, 3.8) is 0 Å². The van der Waals surface area contributed by atoms with Crippen molar-refractivity contribution in [1.82, 2.24) is 15.5 Å². The van der Waals surface area contributed by atoms with Crippen molar-refractivity contribution in [3.05, 3.63) is 70.2 Å². The van der Waals surface area contributed by atoms with Crippen LogP contribution in [0.25, 0.3) is 0 Å². The van der Waals surface area contributed by atoms with E-state index in [9.17, 15) is 4.79 Å². The molecule has 1 heterocycles. The lowest BCUT2D eigenvalue weighted by atomic mass is 9.96. The van der Waals surface area contributed by atoms with Crippen LogP contribution in [0.5, 0.6) is 0 Å². The molecular formula is C24H30ClIN4O. The highest BCUT2D eigenvalue weighted by atomic mass is 127. The van der Waals surface area contributed by atoms with Crippen LogP contribution < -0.4 is 10.6 Å². The summed E-state index contributed by atoms with van der Waals surface area (Å²) < 4.78 is 0. The van der Waals surface area contributed by atoms with Gasteiger partial charge in [0.1, 0.15) is 0 Å². The summed E-state index contributed by atoms with van der Waals surface area (Å²) in [6.07, 6.45) is 3.97. The summed E-state index contributed by atoms with van der Waals surface area (Å²) in [5.41, 5.74) is 3.80. The van der Waals surface area contributed by atoms with Crippen molar-refractivity contribution in [2.75, 3.05) is 20.1 Å². The maximum atomic E-state index is 11.9. The van der Waals surface area contributed by atoms with Crippen molar-refractivity contribution in [2.45, 2.75) is 44.2 Å². The third-order valence-electron chi connectivity index (χ3n) is 6.10. The molecule has 0 aromatic heterocycles. The predicted octanol–water partition coefficient (Wildman–Crippen LogP) is 4.48. The lowest BCUT2D eigenvalue weighted by molar-refractivity contribution is -0.128. The summed E-state index contributed by atoms with van der Waals surface area (Å²) in [7, 11) is 1.80. The van der Waals surface area contributed by atoms with Crippen molar-refractivity contribution < 1.29 is 4.79 Å². The van der Waals surface area contributed by atoms with E-state index in [-0.39, 0.29) is 35.3 Å². The maximum Gasteiger partial charge on any atom is 0.222 e. The Kier molecular flexibility index (Phi) is 8.22. The summed E-state index contributed by atoms with van der Waals surface area (Å²) in [6.45, 7) is 3.09. The number of amides is 1. The van der Waals surface area contributed by atoms with E-state index in [1.165, 1.54) is 16.7 Å². The van der Waals surface area contributed by atoms with Crippen molar-refractivity contribution in [1.29, 1.82) is 0 Å². The van der Waals surface area contributed by atoms with Crippen LogP contribution in [0.15, 0.2) is 53.5 Å². The molecule has 1 saturated heterocycles. The third-order valence-corrected chi connectivity index (χ3v) is 6.34. The maximum absolute atomic E-state index is 11.9. The number of rotatable bonds is 7. The van der Waals surface area contributed by atoms with Gasteiger partial charge in [0.25, 0.3) is 0 Å². The van der Waals surface area contributed by atoms with Gasteiger partial charge in [0.05, 0.1) is 0 Å². The Morgan fingerprint density at radius 3 is 2.58 bits per heavy atom. The predicted molar refractivity (Wildman–Crippen MR) is 137 cm³/mol. The molecule has 0 radical (unpaired) electrons. The van der Waals surface area contributed by atoms with E-state index in [1.807, 2.05) is 17.0 Å². The molecule has 0 atom stereocenters. The minimum atomic E-state index is 0. The largest absolute Gasteiger partial charge is 0.356 e. The molecule has 2 aromatic carbocycles.